The van der Waals surface area contributed by atoms with Gasteiger partial charge in [0.25, 0.3) is 0 Å². The van der Waals surface area contributed by atoms with Gasteiger partial charge in [-0.15, -0.1) is 10.2 Å². The van der Waals surface area contributed by atoms with Crippen molar-refractivity contribution in [2.45, 2.75) is 25.9 Å². The molecule has 0 saturated carbocycles. The summed E-state index contributed by atoms with van der Waals surface area (Å²) < 4.78 is 6.63. The highest BCUT2D eigenvalue weighted by Gasteiger charge is 2.16. The first-order valence-electron chi connectivity index (χ1n) is 7.70. The van der Waals surface area contributed by atoms with Gasteiger partial charge in [-0.1, -0.05) is 29.5 Å². The number of rotatable bonds is 5. The maximum atomic E-state index is 12.2. The Hall–Kier alpha value is -2.74. The SMILES string of the molecule is Cc1ccc(NC(=O)CSc2nnc(-c3ccoc3C)n2N)c(C)c1. The smallest absolute Gasteiger partial charge is 0.234 e. The van der Waals surface area contributed by atoms with E-state index in [2.05, 4.69) is 15.5 Å². The summed E-state index contributed by atoms with van der Waals surface area (Å²) in [6.45, 7) is 5.81. The predicted molar refractivity (Wildman–Crippen MR) is 97.9 cm³/mol. The Morgan fingerprint density at radius 3 is 2.76 bits per heavy atom. The molecule has 1 amide bonds. The Kier molecular flexibility index (Phi) is 4.80. The van der Waals surface area contributed by atoms with Crippen LogP contribution in [0.15, 0.2) is 40.1 Å². The summed E-state index contributed by atoms with van der Waals surface area (Å²) in [5, 5.41) is 11.5. The van der Waals surface area contributed by atoms with E-state index in [1.54, 1.807) is 12.3 Å². The summed E-state index contributed by atoms with van der Waals surface area (Å²) in [4.78, 5) is 12.2. The number of aromatic nitrogens is 3. The van der Waals surface area contributed by atoms with Crippen molar-refractivity contribution in [1.29, 1.82) is 0 Å². The number of anilines is 1. The standard InChI is InChI=1S/C17H19N5O2S/c1-10-4-5-14(11(2)8-10)19-15(23)9-25-17-21-20-16(22(17)18)13-6-7-24-12(13)3/h4-8H,9,18H2,1-3H3,(H,19,23). The quantitative estimate of drug-likeness (QED) is 0.538. The Bertz CT molecular complexity index is 916. The van der Waals surface area contributed by atoms with Crippen molar-refractivity contribution in [3.8, 4) is 11.4 Å². The van der Waals surface area contributed by atoms with Gasteiger partial charge in [0.05, 0.1) is 17.6 Å². The molecule has 2 aromatic heterocycles. The third kappa shape index (κ3) is 3.69. The van der Waals surface area contributed by atoms with Crippen molar-refractivity contribution in [3.63, 3.8) is 0 Å². The molecular weight excluding hydrogens is 338 g/mol. The molecule has 130 valence electrons. The number of nitrogens with two attached hydrogens (primary N) is 1. The minimum Gasteiger partial charge on any atom is -0.469 e. The van der Waals surface area contributed by atoms with Crippen molar-refractivity contribution in [2.24, 2.45) is 0 Å². The van der Waals surface area contributed by atoms with Crippen LogP contribution in [0.3, 0.4) is 0 Å². The van der Waals surface area contributed by atoms with Gasteiger partial charge >= 0.3 is 0 Å². The average Bonchev–Trinajstić information content (AvgIpc) is 3.14. The fourth-order valence-corrected chi connectivity index (χ4v) is 3.10. The van der Waals surface area contributed by atoms with Crippen LogP contribution in [-0.4, -0.2) is 26.5 Å². The zero-order valence-corrected chi connectivity index (χ0v) is 15.1. The van der Waals surface area contributed by atoms with Crippen LogP contribution >= 0.6 is 11.8 Å². The lowest BCUT2D eigenvalue weighted by molar-refractivity contribution is -0.113. The lowest BCUT2D eigenvalue weighted by atomic mass is 10.1. The molecule has 2 heterocycles. The second-order valence-corrected chi connectivity index (χ2v) is 6.66. The van der Waals surface area contributed by atoms with Crippen LogP contribution in [0, 0.1) is 20.8 Å². The van der Waals surface area contributed by atoms with Crippen molar-refractivity contribution in [1.82, 2.24) is 14.9 Å². The Morgan fingerprint density at radius 2 is 2.08 bits per heavy atom. The number of aryl methyl sites for hydroxylation is 3. The molecule has 0 atom stereocenters. The third-order valence-corrected chi connectivity index (χ3v) is 4.70. The number of carbonyl (C=O) groups excluding carboxylic acids is 1. The first-order valence-corrected chi connectivity index (χ1v) is 8.69. The van der Waals surface area contributed by atoms with E-state index in [1.165, 1.54) is 16.4 Å². The van der Waals surface area contributed by atoms with Gasteiger partial charge in [-0.3, -0.25) is 4.79 Å². The highest BCUT2D eigenvalue weighted by Crippen LogP contribution is 2.25. The normalized spacial score (nSPS) is 10.8. The van der Waals surface area contributed by atoms with Gasteiger partial charge < -0.3 is 15.6 Å². The molecule has 3 N–H and O–H groups in total. The summed E-state index contributed by atoms with van der Waals surface area (Å²) >= 11 is 1.23. The monoisotopic (exact) mass is 357 g/mol. The van der Waals surface area contributed by atoms with Crippen LogP contribution in [0.2, 0.25) is 0 Å². The third-order valence-electron chi connectivity index (χ3n) is 3.75. The molecule has 0 bridgehead atoms. The topological polar surface area (TPSA) is 99.0 Å². The van der Waals surface area contributed by atoms with E-state index in [4.69, 9.17) is 10.3 Å². The number of nitrogen functional groups attached to an aromatic ring is 1. The number of hydrogen-bond donors (Lipinski definition) is 2. The fraction of sp³-hybridized carbons (Fsp3) is 0.235. The number of hydrogen-bond acceptors (Lipinski definition) is 6. The van der Waals surface area contributed by atoms with E-state index in [-0.39, 0.29) is 11.7 Å². The van der Waals surface area contributed by atoms with Gasteiger partial charge in [0.15, 0.2) is 5.82 Å². The highest BCUT2D eigenvalue weighted by atomic mass is 32.2. The lowest BCUT2D eigenvalue weighted by Gasteiger charge is -2.09. The highest BCUT2D eigenvalue weighted by molar-refractivity contribution is 7.99. The molecule has 0 fully saturated rings. The molecule has 8 heteroatoms. The number of nitrogens with zero attached hydrogens (tertiary/aromatic N) is 3. The molecule has 0 aliphatic carbocycles. The first-order chi connectivity index (χ1) is 12.0. The Balaban J connectivity index is 1.65. The zero-order valence-electron chi connectivity index (χ0n) is 14.2. The molecule has 0 aliphatic heterocycles. The summed E-state index contributed by atoms with van der Waals surface area (Å²) in [6.07, 6.45) is 1.57. The van der Waals surface area contributed by atoms with E-state index in [1.807, 2.05) is 39.0 Å². The van der Waals surface area contributed by atoms with Gasteiger partial charge in [0, 0.05) is 5.69 Å². The van der Waals surface area contributed by atoms with Crippen LogP contribution in [0.4, 0.5) is 5.69 Å². The van der Waals surface area contributed by atoms with Crippen LogP contribution in [0.25, 0.3) is 11.4 Å². The molecule has 0 saturated heterocycles. The number of amides is 1. The van der Waals surface area contributed by atoms with Gasteiger partial charge in [-0.05, 0) is 38.5 Å². The molecule has 25 heavy (non-hydrogen) atoms. The molecule has 0 aliphatic rings. The minimum atomic E-state index is -0.124. The van der Waals surface area contributed by atoms with E-state index < -0.39 is 0 Å². The molecule has 0 radical (unpaired) electrons. The van der Waals surface area contributed by atoms with E-state index in [9.17, 15) is 4.79 Å². The molecule has 7 nitrogen and oxygen atoms in total. The van der Waals surface area contributed by atoms with Crippen LogP contribution < -0.4 is 11.2 Å². The van der Waals surface area contributed by atoms with Crippen LogP contribution in [-0.2, 0) is 4.79 Å². The number of nitrogens with one attached hydrogen (secondary N) is 1. The summed E-state index contributed by atoms with van der Waals surface area (Å²) in [6, 6.07) is 7.67. The van der Waals surface area contributed by atoms with Gasteiger partial charge in [0.2, 0.25) is 11.1 Å². The van der Waals surface area contributed by atoms with E-state index in [0.29, 0.717) is 16.7 Å². The zero-order chi connectivity index (χ0) is 18.0. The maximum Gasteiger partial charge on any atom is 0.234 e. The molecule has 3 aromatic rings. The average molecular weight is 357 g/mol. The van der Waals surface area contributed by atoms with E-state index >= 15 is 0 Å². The van der Waals surface area contributed by atoms with Gasteiger partial charge in [0.1, 0.15) is 5.76 Å². The second-order valence-electron chi connectivity index (χ2n) is 5.72. The Labute approximate surface area is 149 Å². The molecule has 3 rings (SSSR count). The Morgan fingerprint density at radius 1 is 1.28 bits per heavy atom. The summed E-state index contributed by atoms with van der Waals surface area (Å²) in [5.41, 5.74) is 3.77. The lowest BCUT2D eigenvalue weighted by Crippen LogP contribution is -2.17. The predicted octanol–water partition coefficient (Wildman–Crippen LogP) is 2.91. The van der Waals surface area contributed by atoms with Crippen LogP contribution in [0.5, 0.6) is 0 Å². The summed E-state index contributed by atoms with van der Waals surface area (Å²) in [7, 11) is 0. The van der Waals surface area contributed by atoms with Gasteiger partial charge in [-0.2, -0.15) is 0 Å². The number of benzene rings is 1. The van der Waals surface area contributed by atoms with Crippen molar-refractivity contribution < 1.29 is 9.21 Å². The van der Waals surface area contributed by atoms with E-state index in [0.717, 1.165) is 22.4 Å². The second kappa shape index (κ2) is 7.02. The van der Waals surface area contributed by atoms with Crippen molar-refractivity contribution in [2.75, 3.05) is 16.9 Å². The number of thioether (sulfide) groups is 1. The molecular formula is C17H19N5O2S. The van der Waals surface area contributed by atoms with Crippen molar-refractivity contribution >= 4 is 23.4 Å². The largest absolute Gasteiger partial charge is 0.469 e. The minimum absolute atomic E-state index is 0.124. The fourth-order valence-electron chi connectivity index (χ4n) is 2.45. The molecule has 0 unspecified atom stereocenters. The first kappa shape index (κ1) is 17.1. The number of furan rings is 1. The van der Waals surface area contributed by atoms with Crippen molar-refractivity contribution in [3.05, 3.63) is 47.4 Å². The van der Waals surface area contributed by atoms with Gasteiger partial charge in [-0.25, -0.2) is 4.68 Å². The molecule has 0 spiro atoms. The molecule has 1 aromatic carbocycles. The number of carbonyl (C=O) groups is 1. The maximum absolute atomic E-state index is 12.2. The summed E-state index contributed by atoms with van der Waals surface area (Å²) in [5.74, 6) is 7.32. The van der Waals surface area contributed by atoms with Crippen LogP contribution in [0.1, 0.15) is 16.9 Å².